The van der Waals surface area contributed by atoms with Crippen molar-refractivity contribution in [1.29, 1.82) is 0 Å². The zero-order valence-corrected chi connectivity index (χ0v) is 25.3. The van der Waals surface area contributed by atoms with Crippen LogP contribution in [0.15, 0.2) is 146 Å². The number of rotatable bonds is 3. The van der Waals surface area contributed by atoms with Gasteiger partial charge in [-0.3, -0.25) is 4.98 Å². The molecule has 8 aromatic rings. The highest BCUT2D eigenvalue weighted by molar-refractivity contribution is 6.14. The molecule has 0 bridgehead atoms. The SMILES string of the molecule is CC1(C)c2cc(-c3ccncc3)ccc2-c2ccc(-c3cccc(-c4cc5cc6ccccc6nc5c5ccccc45)c3)cc21. The van der Waals surface area contributed by atoms with Crippen LogP contribution in [-0.2, 0) is 5.41 Å². The van der Waals surface area contributed by atoms with Crippen molar-refractivity contribution in [3.8, 4) is 44.5 Å². The summed E-state index contributed by atoms with van der Waals surface area (Å²) in [4.78, 5) is 9.29. The van der Waals surface area contributed by atoms with Crippen LogP contribution in [0.2, 0.25) is 0 Å². The molecule has 0 saturated carbocycles. The fraction of sp³-hybridized carbons (Fsp3) is 0.0698. The quantitative estimate of drug-likeness (QED) is 0.155. The van der Waals surface area contributed by atoms with E-state index in [1.807, 2.05) is 12.4 Å². The van der Waals surface area contributed by atoms with Gasteiger partial charge in [0, 0.05) is 34.0 Å². The predicted octanol–water partition coefficient (Wildman–Crippen LogP) is 11.2. The second-order valence-corrected chi connectivity index (χ2v) is 12.7. The minimum absolute atomic E-state index is 0.106. The van der Waals surface area contributed by atoms with Gasteiger partial charge in [-0.1, -0.05) is 98.8 Å². The van der Waals surface area contributed by atoms with Crippen molar-refractivity contribution in [2.24, 2.45) is 0 Å². The van der Waals surface area contributed by atoms with Crippen LogP contribution in [0.3, 0.4) is 0 Å². The van der Waals surface area contributed by atoms with Gasteiger partial charge in [0.1, 0.15) is 0 Å². The Bertz CT molecular complexity index is 2450. The van der Waals surface area contributed by atoms with Gasteiger partial charge in [-0.05, 0) is 110 Å². The Balaban J connectivity index is 1.16. The Morgan fingerprint density at radius 3 is 1.87 bits per heavy atom. The van der Waals surface area contributed by atoms with Crippen LogP contribution in [0.4, 0.5) is 0 Å². The lowest BCUT2D eigenvalue weighted by molar-refractivity contribution is 0.661. The van der Waals surface area contributed by atoms with Gasteiger partial charge in [0.25, 0.3) is 0 Å². The first-order chi connectivity index (χ1) is 22.0. The van der Waals surface area contributed by atoms with Gasteiger partial charge in [-0.15, -0.1) is 0 Å². The van der Waals surface area contributed by atoms with E-state index in [1.54, 1.807) is 0 Å². The van der Waals surface area contributed by atoms with Crippen molar-refractivity contribution < 1.29 is 0 Å². The van der Waals surface area contributed by atoms with Gasteiger partial charge in [-0.2, -0.15) is 0 Å². The summed E-state index contributed by atoms with van der Waals surface area (Å²) in [5, 5.41) is 4.73. The lowest BCUT2D eigenvalue weighted by Crippen LogP contribution is -2.15. The number of fused-ring (bicyclic) bond motifs is 7. The molecule has 0 amide bonds. The van der Waals surface area contributed by atoms with Crippen LogP contribution in [0.5, 0.6) is 0 Å². The molecule has 9 rings (SSSR count). The molecule has 0 spiro atoms. The molecule has 0 N–H and O–H groups in total. The molecule has 6 aromatic carbocycles. The maximum Gasteiger partial charge on any atom is 0.0788 e. The molecule has 0 unspecified atom stereocenters. The first-order valence-corrected chi connectivity index (χ1v) is 15.6. The van der Waals surface area contributed by atoms with E-state index in [9.17, 15) is 0 Å². The number of pyridine rings is 2. The molecule has 2 heterocycles. The maximum atomic E-state index is 5.09. The molecule has 212 valence electrons. The maximum absolute atomic E-state index is 5.09. The molecule has 0 saturated heterocycles. The number of hydrogen-bond donors (Lipinski definition) is 0. The van der Waals surface area contributed by atoms with E-state index in [2.05, 4.69) is 152 Å². The van der Waals surface area contributed by atoms with Crippen molar-refractivity contribution in [1.82, 2.24) is 9.97 Å². The van der Waals surface area contributed by atoms with Crippen molar-refractivity contribution in [2.75, 3.05) is 0 Å². The molecule has 2 heteroatoms. The van der Waals surface area contributed by atoms with Crippen molar-refractivity contribution in [2.45, 2.75) is 19.3 Å². The van der Waals surface area contributed by atoms with E-state index in [-0.39, 0.29) is 5.41 Å². The zero-order chi connectivity index (χ0) is 30.1. The van der Waals surface area contributed by atoms with Gasteiger partial charge in [-0.25, -0.2) is 4.98 Å². The van der Waals surface area contributed by atoms with E-state index in [0.29, 0.717) is 0 Å². The summed E-state index contributed by atoms with van der Waals surface area (Å²) in [5.41, 5.74) is 14.7. The number of nitrogens with zero attached hydrogens (tertiary/aromatic N) is 2. The first kappa shape index (κ1) is 25.9. The smallest absolute Gasteiger partial charge is 0.0788 e. The summed E-state index contributed by atoms with van der Waals surface area (Å²) in [7, 11) is 0. The molecule has 2 nitrogen and oxygen atoms in total. The largest absolute Gasteiger partial charge is 0.265 e. The summed E-state index contributed by atoms with van der Waals surface area (Å²) in [5.74, 6) is 0. The average Bonchev–Trinajstić information content (AvgIpc) is 3.32. The highest BCUT2D eigenvalue weighted by Gasteiger charge is 2.35. The van der Waals surface area contributed by atoms with Gasteiger partial charge >= 0.3 is 0 Å². The summed E-state index contributed by atoms with van der Waals surface area (Å²) in [6.07, 6.45) is 3.73. The van der Waals surface area contributed by atoms with Crippen molar-refractivity contribution in [3.63, 3.8) is 0 Å². The van der Waals surface area contributed by atoms with Crippen molar-refractivity contribution in [3.05, 3.63) is 157 Å². The molecule has 0 atom stereocenters. The molecule has 1 aliphatic rings. The molecule has 2 aromatic heterocycles. The van der Waals surface area contributed by atoms with Gasteiger partial charge in [0.2, 0.25) is 0 Å². The summed E-state index contributed by atoms with van der Waals surface area (Å²) < 4.78 is 0. The fourth-order valence-electron chi connectivity index (χ4n) is 7.36. The highest BCUT2D eigenvalue weighted by atomic mass is 14.7. The number of para-hydroxylation sites is 1. The Labute approximate surface area is 262 Å². The molecule has 45 heavy (non-hydrogen) atoms. The topological polar surface area (TPSA) is 25.8 Å². The van der Waals surface area contributed by atoms with E-state index in [4.69, 9.17) is 4.98 Å². The lowest BCUT2D eigenvalue weighted by Gasteiger charge is -2.22. The third kappa shape index (κ3) is 4.03. The van der Waals surface area contributed by atoms with Crippen LogP contribution in [0.25, 0.3) is 77.1 Å². The Morgan fingerprint density at radius 2 is 1.09 bits per heavy atom. The minimum atomic E-state index is -0.106. The lowest BCUT2D eigenvalue weighted by atomic mass is 9.81. The van der Waals surface area contributed by atoms with Crippen LogP contribution >= 0.6 is 0 Å². The normalized spacial score (nSPS) is 13.3. The van der Waals surface area contributed by atoms with E-state index in [0.717, 1.165) is 21.8 Å². The minimum Gasteiger partial charge on any atom is -0.265 e. The average molecular weight is 575 g/mol. The van der Waals surface area contributed by atoms with Crippen LogP contribution in [0.1, 0.15) is 25.0 Å². The Kier molecular flexibility index (Phi) is 5.58. The standard InChI is InChI=1S/C43H30N2/c1-43(2)39-25-29(27-18-20-44-21-19-27)14-16-35(39)36-17-15-30(26-40(36)43)28-9-7-10-31(22-28)38-24-33-23-32-8-3-6-13-41(32)45-42(33)37-12-5-4-11-34(37)38/h3-26H,1-2H3. The zero-order valence-electron chi connectivity index (χ0n) is 25.3. The predicted molar refractivity (Wildman–Crippen MR) is 188 cm³/mol. The third-order valence-corrected chi connectivity index (χ3v) is 9.72. The van der Waals surface area contributed by atoms with Gasteiger partial charge in [0.05, 0.1) is 11.0 Å². The molecular weight excluding hydrogens is 544 g/mol. The van der Waals surface area contributed by atoms with E-state index < -0.39 is 0 Å². The molecule has 0 aliphatic heterocycles. The summed E-state index contributed by atoms with van der Waals surface area (Å²) in [6, 6.07) is 48.7. The van der Waals surface area contributed by atoms with Gasteiger partial charge < -0.3 is 0 Å². The van der Waals surface area contributed by atoms with Crippen molar-refractivity contribution >= 4 is 32.6 Å². The molecule has 0 radical (unpaired) electrons. The van der Waals surface area contributed by atoms with Crippen LogP contribution in [-0.4, -0.2) is 9.97 Å². The van der Waals surface area contributed by atoms with Crippen LogP contribution in [0, 0.1) is 0 Å². The number of hydrogen-bond acceptors (Lipinski definition) is 2. The molecule has 0 fully saturated rings. The molecular formula is C43H30N2. The summed E-state index contributed by atoms with van der Waals surface area (Å²) in [6.45, 7) is 4.71. The van der Waals surface area contributed by atoms with E-state index >= 15 is 0 Å². The van der Waals surface area contributed by atoms with E-state index in [1.165, 1.54) is 66.4 Å². The first-order valence-electron chi connectivity index (χ1n) is 15.6. The second-order valence-electron chi connectivity index (χ2n) is 12.7. The van der Waals surface area contributed by atoms with Gasteiger partial charge in [0.15, 0.2) is 0 Å². The fourth-order valence-corrected chi connectivity index (χ4v) is 7.36. The second kappa shape index (κ2) is 9.70. The summed E-state index contributed by atoms with van der Waals surface area (Å²) >= 11 is 0. The number of aromatic nitrogens is 2. The third-order valence-electron chi connectivity index (χ3n) is 9.72. The molecule has 1 aliphatic carbocycles. The Hall–Kier alpha value is -5.60. The number of benzene rings is 6. The Morgan fingerprint density at radius 1 is 0.444 bits per heavy atom. The van der Waals surface area contributed by atoms with Crippen LogP contribution < -0.4 is 0 Å². The highest BCUT2D eigenvalue weighted by Crippen LogP contribution is 2.50. The monoisotopic (exact) mass is 574 g/mol.